The summed E-state index contributed by atoms with van der Waals surface area (Å²) in [5.41, 5.74) is 5.96. The standard InChI is InChI=1S/C14H19N5S/c1-9(2)19-5-3-14(4-6-19)10(7-15)12(17)18-13(20)11(14)8-16/h9-10,20H,3-6H2,1-2H3,(H2,17,18)/p+1. The van der Waals surface area contributed by atoms with Gasteiger partial charge in [-0.3, -0.25) is 0 Å². The summed E-state index contributed by atoms with van der Waals surface area (Å²) >= 11 is 4.30. The SMILES string of the molecule is CC(C)[NH+]1CCC2(CC1)C(C#N)=C(S)N=C(N)C2C#N. The summed E-state index contributed by atoms with van der Waals surface area (Å²) < 4.78 is 0. The summed E-state index contributed by atoms with van der Waals surface area (Å²) in [5, 5.41) is 19.3. The fraction of sp³-hybridized carbons (Fsp3) is 0.643. The van der Waals surface area contributed by atoms with Crippen LogP contribution in [0.25, 0.3) is 0 Å². The molecule has 2 aliphatic rings. The molecule has 1 saturated heterocycles. The molecule has 0 radical (unpaired) electrons. The molecule has 0 saturated carbocycles. The molecule has 1 spiro atoms. The molecule has 1 atom stereocenters. The zero-order chi connectivity index (χ0) is 14.9. The van der Waals surface area contributed by atoms with Gasteiger partial charge in [0.2, 0.25) is 0 Å². The van der Waals surface area contributed by atoms with Crippen molar-refractivity contribution in [2.45, 2.75) is 32.7 Å². The van der Waals surface area contributed by atoms with Crippen molar-refractivity contribution < 1.29 is 4.90 Å². The number of amidine groups is 1. The highest BCUT2D eigenvalue weighted by Gasteiger charge is 2.51. The van der Waals surface area contributed by atoms with Crippen molar-refractivity contribution in [3.8, 4) is 12.1 Å². The average Bonchev–Trinajstić information content (AvgIpc) is 2.39. The van der Waals surface area contributed by atoms with Crippen LogP contribution in [0.2, 0.25) is 0 Å². The van der Waals surface area contributed by atoms with Gasteiger partial charge in [0.25, 0.3) is 0 Å². The van der Waals surface area contributed by atoms with E-state index in [0.29, 0.717) is 22.5 Å². The van der Waals surface area contributed by atoms with E-state index < -0.39 is 11.3 Å². The molecule has 20 heavy (non-hydrogen) atoms. The predicted molar refractivity (Wildman–Crippen MR) is 79.9 cm³/mol. The molecule has 0 amide bonds. The first-order chi connectivity index (χ1) is 9.46. The van der Waals surface area contributed by atoms with Crippen LogP contribution in [0, 0.1) is 34.0 Å². The van der Waals surface area contributed by atoms with E-state index in [4.69, 9.17) is 5.73 Å². The Hall–Kier alpha value is -1.50. The third kappa shape index (κ3) is 2.19. The molecule has 6 heteroatoms. The number of hydrogen-bond donors (Lipinski definition) is 3. The lowest BCUT2D eigenvalue weighted by Gasteiger charge is -2.44. The maximum absolute atomic E-state index is 9.48. The lowest BCUT2D eigenvalue weighted by Crippen LogP contribution is -3.16. The average molecular weight is 290 g/mol. The van der Waals surface area contributed by atoms with Gasteiger partial charge in [0.1, 0.15) is 16.8 Å². The Bertz CT molecular complexity index is 541. The highest BCUT2D eigenvalue weighted by Crippen LogP contribution is 2.47. The van der Waals surface area contributed by atoms with Gasteiger partial charge < -0.3 is 10.6 Å². The molecule has 5 nitrogen and oxygen atoms in total. The van der Waals surface area contributed by atoms with Crippen LogP contribution in [-0.2, 0) is 0 Å². The Kier molecular flexibility index (Phi) is 4.08. The molecule has 106 valence electrons. The van der Waals surface area contributed by atoms with Gasteiger partial charge in [0.05, 0.1) is 36.8 Å². The normalized spacial score (nSPS) is 33.8. The van der Waals surface area contributed by atoms with Crippen molar-refractivity contribution in [1.82, 2.24) is 0 Å². The molecule has 2 heterocycles. The van der Waals surface area contributed by atoms with Crippen molar-refractivity contribution in [2.75, 3.05) is 13.1 Å². The first-order valence-electron chi connectivity index (χ1n) is 6.88. The third-order valence-corrected chi connectivity index (χ3v) is 4.97. The smallest absolute Gasteiger partial charge is 0.119 e. The van der Waals surface area contributed by atoms with Crippen LogP contribution in [0.5, 0.6) is 0 Å². The maximum Gasteiger partial charge on any atom is 0.119 e. The zero-order valence-electron chi connectivity index (χ0n) is 11.8. The topological polar surface area (TPSA) is 90.4 Å². The quantitative estimate of drug-likeness (QED) is 0.604. The lowest BCUT2D eigenvalue weighted by molar-refractivity contribution is -0.928. The highest BCUT2D eigenvalue weighted by atomic mass is 32.1. The minimum absolute atomic E-state index is 0.296. The molecule has 0 bridgehead atoms. The van der Waals surface area contributed by atoms with Gasteiger partial charge >= 0.3 is 0 Å². The van der Waals surface area contributed by atoms with E-state index in [1.165, 1.54) is 4.90 Å². The summed E-state index contributed by atoms with van der Waals surface area (Å²) in [6, 6.07) is 5.03. The van der Waals surface area contributed by atoms with Crippen molar-refractivity contribution in [3.05, 3.63) is 10.6 Å². The summed E-state index contributed by atoms with van der Waals surface area (Å²) in [6.07, 6.45) is 1.56. The van der Waals surface area contributed by atoms with Gasteiger partial charge in [-0.2, -0.15) is 10.5 Å². The van der Waals surface area contributed by atoms with Crippen LogP contribution in [0.3, 0.4) is 0 Å². The maximum atomic E-state index is 9.48. The Labute approximate surface area is 125 Å². The van der Waals surface area contributed by atoms with Crippen LogP contribution >= 0.6 is 12.6 Å². The van der Waals surface area contributed by atoms with Gasteiger partial charge in [-0.05, 0) is 13.8 Å². The molecule has 3 N–H and O–H groups in total. The Morgan fingerprint density at radius 1 is 1.40 bits per heavy atom. The van der Waals surface area contributed by atoms with Crippen molar-refractivity contribution in [3.63, 3.8) is 0 Å². The number of aliphatic imine (C=N–C) groups is 1. The van der Waals surface area contributed by atoms with Crippen LogP contribution in [0.15, 0.2) is 15.6 Å². The molecule has 1 unspecified atom stereocenters. The monoisotopic (exact) mass is 290 g/mol. The lowest BCUT2D eigenvalue weighted by atomic mass is 9.63. The molecule has 0 aromatic carbocycles. The molecule has 2 aliphatic heterocycles. The Morgan fingerprint density at radius 2 is 2.00 bits per heavy atom. The predicted octanol–water partition coefficient (Wildman–Crippen LogP) is 0.235. The second-order valence-electron chi connectivity index (χ2n) is 5.88. The van der Waals surface area contributed by atoms with E-state index in [-0.39, 0.29) is 0 Å². The minimum atomic E-state index is -0.512. The Morgan fingerprint density at radius 3 is 2.45 bits per heavy atom. The number of nitriles is 2. The van der Waals surface area contributed by atoms with E-state index in [1.807, 2.05) is 0 Å². The second-order valence-corrected chi connectivity index (χ2v) is 6.30. The van der Waals surface area contributed by atoms with Gasteiger partial charge in [0, 0.05) is 18.3 Å². The number of rotatable bonds is 1. The molecule has 0 aromatic rings. The van der Waals surface area contributed by atoms with Gasteiger partial charge in [-0.15, -0.1) is 12.6 Å². The molecule has 2 rings (SSSR count). The summed E-state index contributed by atoms with van der Waals surface area (Å²) in [6.45, 7) is 6.26. The summed E-state index contributed by atoms with van der Waals surface area (Å²) in [5.74, 6) is -0.216. The van der Waals surface area contributed by atoms with E-state index in [2.05, 4.69) is 43.6 Å². The van der Waals surface area contributed by atoms with E-state index in [1.54, 1.807) is 0 Å². The summed E-state index contributed by atoms with van der Waals surface area (Å²) in [7, 11) is 0. The van der Waals surface area contributed by atoms with Crippen LogP contribution in [0.4, 0.5) is 0 Å². The highest BCUT2D eigenvalue weighted by molar-refractivity contribution is 7.84. The number of nitrogens with zero attached hydrogens (tertiary/aromatic N) is 3. The van der Waals surface area contributed by atoms with Crippen LogP contribution in [0.1, 0.15) is 26.7 Å². The van der Waals surface area contributed by atoms with Gasteiger partial charge in [-0.25, -0.2) is 4.99 Å². The minimum Gasteiger partial charge on any atom is -0.386 e. The number of quaternary nitrogens is 1. The summed E-state index contributed by atoms with van der Waals surface area (Å²) in [4.78, 5) is 5.58. The number of nitrogens with one attached hydrogen (secondary N) is 1. The van der Waals surface area contributed by atoms with E-state index in [9.17, 15) is 10.5 Å². The number of allylic oxidation sites excluding steroid dienone is 1. The molecule has 0 aromatic heterocycles. The molecular weight excluding hydrogens is 270 g/mol. The number of likely N-dealkylation sites (tertiary alicyclic amines) is 1. The van der Waals surface area contributed by atoms with Crippen molar-refractivity contribution >= 4 is 18.5 Å². The third-order valence-electron chi connectivity index (χ3n) is 4.65. The number of thiol groups is 1. The number of hydrogen-bond acceptors (Lipinski definition) is 5. The molecular formula is C14H20N5S+. The first kappa shape index (κ1) is 14.9. The fourth-order valence-electron chi connectivity index (χ4n) is 3.38. The number of piperidine rings is 1. The van der Waals surface area contributed by atoms with Gasteiger partial charge in [-0.1, -0.05) is 0 Å². The zero-order valence-corrected chi connectivity index (χ0v) is 12.7. The van der Waals surface area contributed by atoms with E-state index in [0.717, 1.165) is 25.9 Å². The largest absolute Gasteiger partial charge is 0.386 e. The van der Waals surface area contributed by atoms with Crippen LogP contribution in [-0.4, -0.2) is 25.0 Å². The molecule has 1 fully saturated rings. The second kappa shape index (κ2) is 5.47. The fourth-order valence-corrected chi connectivity index (χ4v) is 3.77. The van der Waals surface area contributed by atoms with Crippen LogP contribution < -0.4 is 10.6 Å². The van der Waals surface area contributed by atoms with Crippen molar-refractivity contribution in [2.24, 2.45) is 22.1 Å². The van der Waals surface area contributed by atoms with Gasteiger partial charge in [0.15, 0.2) is 0 Å². The first-order valence-corrected chi connectivity index (χ1v) is 7.33. The molecule has 0 aliphatic carbocycles. The van der Waals surface area contributed by atoms with E-state index >= 15 is 0 Å². The Balaban J connectivity index is 2.41. The van der Waals surface area contributed by atoms with Crippen molar-refractivity contribution in [1.29, 1.82) is 10.5 Å². The number of nitrogens with two attached hydrogens (primary N) is 1.